The van der Waals surface area contributed by atoms with Crippen molar-refractivity contribution in [1.82, 2.24) is 15.0 Å². The second kappa shape index (κ2) is 20.6. The molecule has 21 heteroatoms. The van der Waals surface area contributed by atoms with Gasteiger partial charge in [0, 0.05) is 46.6 Å². The molecule has 3 fully saturated rings. The lowest BCUT2D eigenvalue weighted by atomic mass is 9.46. The number of hydrogen-bond acceptors (Lipinski definition) is 15. The number of primary sulfonamides is 1. The molecular formula is C50H56ClN5O13S2. The summed E-state index contributed by atoms with van der Waals surface area (Å²) in [5.41, 5.74) is 2.21. The van der Waals surface area contributed by atoms with Gasteiger partial charge in [-0.25, -0.2) is 23.3 Å². The van der Waals surface area contributed by atoms with Crippen molar-refractivity contribution < 1.29 is 61.0 Å². The Bertz CT molecular complexity index is 3120. The number of aliphatic hydroxyl groups is 2. The molecule has 0 aliphatic heterocycles. The molecule has 0 radical (unpaired) electrons. The number of aryl methyl sites for hydroxylation is 1. The third-order valence-corrected chi connectivity index (χ3v) is 17.1. The summed E-state index contributed by atoms with van der Waals surface area (Å²) in [6.07, 6.45) is 11.0. The molecule has 71 heavy (non-hydrogen) atoms. The first-order chi connectivity index (χ1) is 33.5. The number of sulfonamides is 1. The molecule has 5 aromatic rings. The summed E-state index contributed by atoms with van der Waals surface area (Å²) in [6.45, 7) is 7.27. The Hall–Kier alpha value is -6.03. The van der Waals surface area contributed by atoms with E-state index in [1.807, 2.05) is 52.0 Å². The molecule has 4 aliphatic rings. The zero-order valence-electron chi connectivity index (χ0n) is 39.9. The first-order valence-electron chi connectivity index (χ1n) is 22.6. The van der Waals surface area contributed by atoms with Crippen molar-refractivity contribution in [3.8, 4) is 11.5 Å². The van der Waals surface area contributed by atoms with Gasteiger partial charge in [0.2, 0.25) is 10.0 Å². The van der Waals surface area contributed by atoms with Crippen molar-refractivity contribution in [2.45, 2.75) is 87.7 Å². The monoisotopic (exact) mass is 1030 g/mol. The number of allylic oxidation sites excluding steroid dienone is 4. The van der Waals surface area contributed by atoms with Crippen LogP contribution in [-0.2, 0) is 47.5 Å². The third kappa shape index (κ3) is 10.2. The minimum atomic E-state index is -4.11. The summed E-state index contributed by atoms with van der Waals surface area (Å²) in [7, 11) is -2.20. The second-order valence-electron chi connectivity index (χ2n) is 18.6. The van der Waals surface area contributed by atoms with E-state index in [0.717, 1.165) is 63.8 Å². The van der Waals surface area contributed by atoms with Crippen LogP contribution < -0.4 is 19.9 Å². The Morgan fingerprint density at radius 2 is 1.85 bits per heavy atom. The molecule has 3 aromatic heterocycles. The Morgan fingerprint density at radius 3 is 2.49 bits per heavy atom. The highest BCUT2D eigenvalue weighted by molar-refractivity contribution is 7.89. The average molecular weight is 1030 g/mol. The maximum absolute atomic E-state index is 13.3. The van der Waals surface area contributed by atoms with E-state index < -0.39 is 60.5 Å². The van der Waals surface area contributed by atoms with Gasteiger partial charge in [0.05, 0.1) is 76.6 Å². The second-order valence-corrected chi connectivity index (χ2v) is 21.9. The molecule has 0 spiro atoms. The fourth-order valence-electron chi connectivity index (χ4n) is 10.9. The number of imidazole rings is 1. The number of Topliss-reactive ketones (excluding diaryl/α,β-unsaturated/α-hetero) is 2. The number of pyridine rings is 1. The number of nitrogens with one attached hydrogen (secondary N) is 2. The summed E-state index contributed by atoms with van der Waals surface area (Å²) in [5, 5.41) is 37.7. The lowest BCUT2D eigenvalue weighted by Gasteiger charge is -2.56. The van der Waals surface area contributed by atoms with Crippen LogP contribution in [0.5, 0.6) is 11.5 Å². The van der Waals surface area contributed by atoms with E-state index in [4.69, 9.17) is 35.7 Å². The molecule has 4 aliphatic carbocycles. The van der Waals surface area contributed by atoms with Crippen molar-refractivity contribution >= 4 is 72.5 Å². The van der Waals surface area contributed by atoms with Gasteiger partial charge in [0.25, 0.3) is 0 Å². The van der Waals surface area contributed by atoms with E-state index >= 15 is 0 Å². The highest BCUT2D eigenvalue weighted by Gasteiger charge is 2.68. The molecule has 18 nitrogen and oxygen atoms in total. The van der Waals surface area contributed by atoms with E-state index in [1.54, 1.807) is 44.7 Å². The van der Waals surface area contributed by atoms with Crippen LogP contribution in [0.15, 0.2) is 93.2 Å². The quantitative estimate of drug-likeness (QED) is 0.0771. The van der Waals surface area contributed by atoms with Gasteiger partial charge >= 0.3 is 5.97 Å². The molecular weight excluding hydrogens is 978 g/mol. The molecule has 1 unspecified atom stereocenters. The number of H-pyrrole nitrogens is 1. The number of furan rings is 1. The van der Waals surface area contributed by atoms with Gasteiger partial charge < -0.3 is 39.5 Å². The van der Waals surface area contributed by atoms with E-state index in [0.29, 0.717) is 23.8 Å². The summed E-state index contributed by atoms with van der Waals surface area (Å²) in [6, 6.07) is 11.0. The molecule has 3 heterocycles. The normalized spacial score (nSPS) is 24.8. The summed E-state index contributed by atoms with van der Waals surface area (Å²) >= 11 is 5.84. The van der Waals surface area contributed by atoms with Crippen LogP contribution in [0.2, 0.25) is 5.02 Å². The smallest absolute Gasteiger partial charge is 0.337 e. The average Bonchev–Trinajstić information content (AvgIpc) is 4.07. The molecule has 3 saturated carbocycles. The molecule has 0 bridgehead atoms. The summed E-state index contributed by atoms with van der Waals surface area (Å²) < 4.78 is 51.1. The predicted octanol–water partition coefficient (Wildman–Crippen LogP) is 6.56. The number of carbonyl (C=O) groups excluding carboxylic acids is 3. The largest absolute Gasteiger partial charge is 0.497 e. The minimum Gasteiger partial charge on any atom is -0.497 e. The van der Waals surface area contributed by atoms with Crippen molar-refractivity contribution in [3.05, 3.63) is 112 Å². The topological polar surface area (TPSA) is 291 Å². The number of methoxy groups -OCH3 is 2. The Balaban J connectivity index is 0.000000158. The number of halogens is 1. The number of rotatable bonds is 12. The van der Waals surface area contributed by atoms with Gasteiger partial charge in [-0.1, -0.05) is 37.1 Å². The number of carbonyl (C=O) groups is 4. The summed E-state index contributed by atoms with van der Waals surface area (Å²) in [5.74, 6) is 0.471. The molecule has 9 rings (SSSR count). The number of aromatic nitrogens is 3. The predicted molar refractivity (Wildman–Crippen MR) is 263 cm³/mol. The van der Waals surface area contributed by atoms with E-state index in [2.05, 4.69) is 20.3 Å². The van der Waals surface area contributed by atoms with E-state index in [-0.39, 0.29) is 64.3 Å². The zero-order chi connectivity index (χ0) is 51.8. The number of aromatic amines is 1. The number of nitrogens with zero attached hydrogens (tertiary/aromatic N) is 2. The number of aromatic carboxylic acids is 1. The maximum atomic E-state index is 13.3. The Labute approximate surface area is 417 Å². The number of hydrogen-bond donors (Lipinski definition) is 6. The zero-order valence-corrected chi connectivity index (χ0v) is 42.3. The molecule has 0 amide bonds. The number of nitrogens with two attached hydrogens (primary N) is 1. The van der Waals surface area contributed by atoms with Gasteiger partial charge in [-0.15, -0.1) is 0 Å². The van der Waals surface area contributed by atoms with Crippen LogP contribution in [0.25, 0.3) is 11.0 Å². The van der Waals surface area contributed by atoms with E-state index in [1.165, 1.54) is 12.3 Å². The Morgan fingerprint density at radius 1 is 1.10 bits per heavy atom. The highest BCUT2D eigenvalue weighted by Crippen LogP contribution is 2.66. The lowest BCUT2D eigenvalue weighted by Crippen LogP contribution is -2.60. The van der Waals surface area contributed by atoms with Gasteiger partial charge in [-0.3, -0.25) is 23.6 Å². The van der Waals surface area contributed by atoms with Gasteiger partial charge in [0.1, 0.15) is 40.1 Å². The molecule has 2 aromatic carbocycles. The third-order valence-electron chi connectivity index (χ3n) is 14.6. The number of carboxylic acid groups (broad SMARTS) is 1. The van der Waals surface area contributed by atoms with Crippen LogP contribution in [0.3, 0.4) is 0 Å². The maximum Gasteiger partial charge on any atom is 0.337 e. The number of aliphatic hydroxyl groups excluding tert-OH is 1. The Kier molecular flexibility index (Phi) is 15.3. The molecule has 378 valence electrons. The van der Waals surface area contributed by atoms with E-state index in [9.17, 15) is 42.0 Å². The number of carboxylic acids is 1. The number of fused-ring (bicyclic) bond motifs is 6. The van der Waals surface area contributed by atoms with Crippen molar-refractivity contribution in [3.63, 3.8) is 0 Å². The molecule has 7 atom stereocenters. The van der Waals surface area contributed by atoms with Crippen LogP contribution in [0, 0.1) is 42.4 Å². The SMILES string of the molecule is COc1ccc2nc(S(=O)Cc3ncc(C)c(OC)c3C)[nH]c2c1.C[C@]12C=CC(=O)C=C1CC[C@@H]1[C@@H]2C(=O)C[C@@]2(C)[C@H]1CC[C@]2(O)C(=O)CO.NS(=O)(=O)c1cc(C(=O)O)c(NCc2ccco2)cc1Cl. The van der Waals surface area contributed by atoms with Gasteiger partial charge in [-0.05, 0) is 99.9 Å². The summed E-state index contributed by atoms with van der Waals surface area (Å²) in [4.78, 5) is 60.1. The number of benzene rings is 2. The van der Waals surface area contributed by atoms with Crippen LogP contribution >= 0.6 is 11.6 Å². The number of ether oxygens (including phenoxy) is 2. The van der Waals surface area contributed by atoms with Crippen LogP contribution in [-0.4, -0.2) is 92.6 Å². The lowest BCUT2D eigenvalue weighted by molar-refractivity contribution is -0.168. The van der Waals surface area contributed by atoms with Gasteiger partial charge in [0.15, 0.2) is 16.7 Å². The minimum absolute atomic E-state index is 0.0206. The molecule has 0 saturated heterocycles. The van der Waals surface area contributed by atoms with Crippen molar-refractivity contribution in [1.29, 1.82) is 0 Å². The van der Waals surface area contributed by atoms with Crippen LogP contribution in [0.1, 0.15) is 78.9 Å². The first kappa shape index (κ1) is 52.8. The molecule has 7 N–H and O–H groups in total. The fraction of sp³-hybridized carbons (Fsp3) is 0.400. The van der Waals surface area contributed by atoms with Gasteiger partial charge in [-0.2, -0.15) is 0 Å². The number of ketones is 3. The standard InChI is InChI=1S/C21H26O5.C17H19N3O3S.C12H11ClN2O5S/c1-19-7-5-13(23)9-12(19)3-4-14-15-6-8-21(26,17(25)11-22)20(15,2)10-16(24)18(14)19;1-10-8-18-15(11(2)16(10)23-4)9-24(21)17-19-13-6-5-12(22-3)7-14(13)20-17;13-9-5-10(15-6-7-2-1-3-20-7)8(12(16)17)4-11(9)21(14,18)19/h5,7,9,14-15,18,22,26H,3-4,6,8,10-11H2,1-2H3;5-8H,9H2,1-4H3,(H,19,20);1-5,15H,6H2,(H,16,17)(H2,14,18,19)/t14-,15-,18+,19-,20-,21-;;/m0../s1. The number of anilines is 1. The fourth-order valence-corrected chi connectivity index (χ4v) is 13.1. The van der Waals surface area contributed by atoms with Crippen molar-refractivity contribution in [2.24, 2.45) is 33.7 Å². The van der Waals surface area contributed by atoms with Crippen LogP contribution in [0.4, 0.5) is 5.69 Å². The highest BCUT2D eigenvalue weighted by atomic mass is 35.5. The van der Waals surface area contributed by atoms with Crippen molar-refractivity contribution in [2.75, 3.05) is 26.1 Å². The first-order valence-corrected chi connectivity index (χ1v) is 25.8.